The molecule has 1 amide bonds. The van der Waals surface area contributed by atoms with E-state index >= 15 is 0 Å². The van der Waals surface area contributed by atoms with Crippen LogP contribution >= 0.6 is 0 Å². The summed E-state index contributed by atoms with van der Waals surface area (Å²) in [5, 5.41) is 15.0. The summed E-state index contributed by atoms with van der Waals surface area (Å²) in [6.07, 6.45) is -0.276. The SMILES string of the molecule is CCOC(=O)CC1C(=O)NCCN1c1c([N+](=O)[O-])c(=O)n(CC)c2ccccc12. The second-order valence-corrected chi connectivity index (χ2v) is 6.53. The Labute approximate surface area is 166 Å². The molecule has 29 heavy (non-hydrogen) atoms. The third-order valence-corrected chi connectivity index (χ3v) is 4.90. The number of pyridine rings is 1. The van der Waals surface area contributed by atoms with Crippen molar-refractivity contribution in [2.45, 2.75) is 32.9 Å². The summed E-state index contributed by atoms with van der Waals surface area (Å²) in [6.45, 7) is 4.25. The minimum Gasteiger partial charge on any atom is -0.466 e. The average Bonchev–Trinajstić information content (AvgIpc) is 2.68. The molecule has 0 aliphatic carbocycles. The number of piperazine rings is 1. The molecule has 10 heteroatoms. The number of nitrogens with zero attached hydrogens (tertiary/aromatic N) is 3. The van der Waals surface area contributed by atoms with Gasteiger partial charge in [0.05, 0.1) is 23.5 Å². The van der Waals surface area contributed by atoms with Crippen molar-refractivity contribution in [3.63, 3.8) is 0 Å². The smallest absolute Gasteiger partial charge is 0.357 e. The number of ether oxygens (including phenoxy) is 1. The van der Waals surface area contributed by atoms with Crippen molar-refractivity contribution in [2.24, 2.45) is 0 Å². The normalized spacial score (nSPS) is 16.6. The number of esters is 1. The summed E-state index contributed by atoms with van der Waals surface area (Å²) in [5.74, 6) is -1.03. The fourth-order valence-electron chi connectivity index (χ4n) is 3.71. The zero-order chi connectivity index (χ0) is 21.1. The number of carbonyl (C=O) groups is 2. The Morgan fingerprint density at radius 2 is 2.03 bits per heavy atom. The maximum atomic E-state index is 12.9. The highest BCUT2D eigenvalue weighted by Crippen LogP contribution is 2.35. The molecular weight excluding hydrogens is 380 g/mol. The molecule has 3 rings (SSSR count). The summed E-state index contributed by atoms with van der Waals surface area (Å²) in [5.41, 5.74) is -0.757. The van der Waals surface area contributed by atoms with Gasteiger partial charge in [0.1, 0.15) is 11.7 Å². The molecule has 1 N–H and O–H groups in total. The van der Waals surface area contributed by atoms with Crippen molar-refractivity contribution in [3.8, 4) is 0 Å². The van der Waals surface area contributed by atoms with Gasteiger partial charge in [-0.3, -0.25) is 24.5 Å². The number of aryl methyl sites for hydroxylation is 1. The van der Waals surface area contributed by atoms with E-state index in [0.717, 1.165) is 0 Å². The van der Waals surface area contributed by atoms with Crippen LogP contribution in [0, 0.1) is 10.1 Å². The first-order chi connectivity index (χ1) is 13.9. The first-order valence-corrected chi connectivity index (χ1v) is 9.40. The predicted octanol–water partition coefficient (Wildman–Crippen LogP) is 1.19. The summed E-state index contributed by atoms with van der Waals surface area (Å²) in [7, 11) is 0. The summed E-state index contributed by atoms with van der Waals surface area (Å²) >= 11 is 0. The van der Waals surface area contributed by atoms with Gasteiger partial charge in [-0.1, -0.05) is 18.2 Å². The highest BCUT2D eigenvalue weighted by molar-refractivity contribution is 6.00. The van der Waals surface area contributed by atoms with E-state index in [-0.39, 0.29) is 38.3 Å². The molecule has 0 bridgehead atoms. The van der Waals surface area contributed by atoms with Crippen molar-refractivity contribution in [1.82, 2.24) is 9.88 Å². The van der Waals surface area contributed by atoms with Gasteiger partial charge in [-0.15, -0.1) is 0 Å². The molecule has 1 aromatic carbocycles. The van der Waals surface area contributed by atoms with E-state index in [9.17, 15) is 24.5 Å². The zero-order valence-electron chi connectivity index (χ0n) is 16.2. The first kappa shape index (κ1) is 20.3. The van der Waals surface area contributed by atoms with Crippen LogP contribution in [0.1, 0.15) is 20.3 Å². The minimum absolute atomic E-state index is 0.0597. The molecule has 1 aliphatic rings. The number of hydrogen-bond donors (Lipinski definition) is 1. The van der Waals surface area contributed by atoms with Crippen LogP contribution in [0.15, 0.2) is 29.1 Å². The highest BCUT2D eigenvalue weighted by atomic mass is 16.6. The van der Waals surface area contributed by atoms with Gasteiger partial charge in [-0.2, -0.15) is 0 Å². The van der Waals surface area contributed by atoms with Crippen LogP contribution in [0.5, 0.6) is 0 Å². The quantitative estimate of drug-likeness (QED) is 0.437. The fraction of sp³-hybridized carbons (Fsp3) is 0.421. The number of para-hydroxylation sites is 1. The lowest BCUT2D eigenvalue weighted by Gasteiger charge is -2.36. The molecule has 0 spiro atoms. The first-order valence-electron chi connectivity index (χ1n) is 9.40. The van der Waals surface area contributed by atoms with Crippen molar-refractivity contribution >= 4 is 34.2 Å². The molecule has 2 aromatic rings. The number of amides is 1. The Balaban J connectivity index is 2.27. The second-order valence-electron chi connectivity index (χ2n) is 6.53. The lowest BCUT2D eigenvalue weighted by molar-refractivity contribution is -0.385. The number of aromatic nitrogens is 1. The zero-order valence-corrected chi connectivity index (χ0v) is 16.2. The second kappa shape index (κ2) is 8.29. The molecule has 154 valence electrons. The molecule has 1 aromatic heterocycles. The third kappa shape index (κ3) is 3.65. The van der Waals surface area contributed by atoms with Crippen molar-refractivity contribution in [2.75, 3.05) is 24.6 Å². The monoisotopic (exact) mass is 402 g/mol. The third-order valence-electron chi connectivity index (χ3n) is 4.90. The molecule has 0 radical (unpaired) electrons. The number of hydrogen-bond acceptors (Lipinski definition) is 7. The molecule has 1 fully saturated rings. The molecule has 2 heterocycles. The van der Waals surface area contributed by atoms with Gasteiger partial charge in [-0.05, 0) is 19.9 Å². The van der Waals surface area contributed by atoms with E-state index in [1.165, 1.54) is 9.47 Å². The number of benzene rings is 1. The van der Waals surface area contributed by atoms with Crippen LogP contribution in [0.25, 0.3) is 10.9 Å². The molecule has 0 saturated carbocycles. The maximum Gasteiger partial charge on any atom is 0.357 e. The van der Waals surface area contributed by atoms with Crippen LogP contribution in [0.3, 0.4) is 0 Å². The number of rotatable bonds is 6. The average molecular weight is 402 g/mol. The predicted molar refractivity (Wildman–Crippen MR) is 106 cm³/mol. The molecule has 10 nitrogen and oxygen atoms in total. The lowest BCUT2D eigenvalue weighted by Crippen LogP contribution is -2.56. The van der Waals surface area contributed by atoms with Gasteiger partial charge in [0, 0.05) is 25.0 Å². The van der Waals surface area contributed by atoms with Gasteiger partial charge in [0.2, 0.25) is 5.91 Å². The van der Waals surface area contributed by atoms with E-state index in [0.29, 0.717) is 10.9 Å². The molecular formula is C19H22N4O6. The van der Waals surface area contributed by atoms with Gasteiger partial charge >= 0.3 is 17.2 Å². The highest BCUT2D eigenvalue weighted by Gasteiger charge is 2.38. The van der Waals surface area contributed by atoms with Crippen molar-refractivity contribution in [3.05, 3.63) is 44.7 Å². The van der Waals surface area contributed by atoms with Crippen LogP contribution < -0.4 is 15.8 Å². The van der Waals surface area contributed by atoms with Crippen LogP contribution in [0.4, 0.5) is 11.4 Å². The van der Waals surface area contributed by atoms with E-state index < -0.39 is 34.1 Å². The number of fused-ring (bicyclic) bond motifs is 1. The fourth-order valence-corrected chi connectivity index (χ4v) is 3.71. The summed E-state index contributed by atoms with van der Waals surface area (Å²) in [4.78, 5) is 50.2. The molecule has 1 atom stereocenters. The van der Waals surface area contributed by atoms with E-state index in [1.807, 2.05) is 0 Å². The molecule has 1 saturated heterocycles. The Morgan fingerprint density at radius 3 is 2.69 bits per heavy atom. The van der Waals surface area contributed by atoms with Gasteiger partial charge in [-0.25, -0.2) is 0 Å². The lowest BCUT2D eigenvalue weighted by atomic mass is 10.0. The van der Waals surface area contributed by atoms with Crippen molar-refractivity contribution in [1.29, 1.82) is 0 Å². The Kier molecular flexibility index (Phi) is 5.81. The number of nitro groups is 1. The van der Waals surface area contributed by atoms with E-state index in [2.05, 4.69) is 5.32 Å². The van der Waals surface area contributed by atoms with E-state index in [4.69, 9.17) is 4.74 Å². The van der Waals surface area contributed by atoms with E-state index in [1.54, 1.807) is 38.1 Å². The Hall–Kier alpha value is -3.43. The van der Waals surface area contributed by atoms with Gasteiger partial charge < -0.3 is 19.5 Å². The standard InChI is InChI=1S/C19H22N4O6/c1-3-21-13-8-6-5-7-12(13)16(17(19(21)26)23(27)28)22-10-9-20-18(25)14(22)11-15(24)29-4-2/h5-8,14H,3-4,9-11H2,1-2H3,(H,20,25). The number of anilines is 1. The van der Waals surface area contributed by atoms with Gasteiger partial charge in [0.25, 0.3) is 0 Å². The van der Waals surface area contributed by atoms with Crippen molar-refractivity contribution < 1.29 is 19.2 Å². The van der Waals surface area contributed by atoms with Crippen LogP contribution in [-0.2, 0) is 20.9 Å². The Bertz CT molecular complexity index is 1030. The summed E-state index contributed by atoms with van der Waals surface area (Å²) in [6, 6.07) is 5.82. The topological polar surface area (TPSA) is 124 Å². The largest absolute Gasteiger partial charge is 0.466 e. The molecule has 1 aliphatic heterocycles. The minimum atomic E-state index is -1.01. The molecule has 1 unspecified atom stereocenters. The maximum absolute atomic E-state index is 12.9. The Morgan fingerprint density at radius 1 is 1.31 bits per heavy atom. The van der Waals surface area contributed by atoms with Crippen LogP contribution in [-0.4, -0.2) is 47.1 Å². The van der Waals surface area contributed by atoms with Gasteiger partial charge in [0.15, 0.2) is 0 Å². The summed E-state index contributed by atoms with van der Waals surface area (Å²) < 4.78 is 6.29. The number of nitrogens with one attached hydrogen (secondary N) is 1. The number of carbonyl (C=O) groups excluding carboxylic acids is 2. The van der Waals surface area contributed by atoms with Crippen LogP contribution in [0.2, 0.25) is 0 Å².